The summed E-state index contributed by atoms with van der Waals surface area (Å²) in [6, 6.07) is 0. The van der Waals surface area contributed by atoms with Crippen LogP contribution in [0.5, 0.6) is 0 Å². The number of ketones is 1. The van der Waals surface area contributed by atoms with Gasteiger partial charge in [0.15, 0.2) is 0 Å². The number of amides is 1. The van der Waals surface area contributed by atoms with Crippen molar-refractivity contribution in [1.82, 2.24) is 9.80 Å². The monoisotopic (exact) mass is 282 g/mol. The van der Waals surface area contributed by atoms with Gasteiger partial charge in [0.25, 0.3) is 0 Å². The van der Waals surface area contributed by atoms with Crippen LogP contribution in [0, 0.1) is 0 Å². The fourth-order valence-electron chi connectivity index (χ4n) is 2.98. The molecule has 0 saturated carbocycles. The van der Waals surface area contributed by atoms with Crippen molar-refractivity contribution < 1.29 is 14.3 Å². The van der Waals surface area contributed by atoms with Gasteiger partial charge in [-0.25, -0.2) is 4.79 Å². The van der Waals surface area contributed by atoms with Gasteiger partial charge in [0.2, 0.25) is 0 Å². The molecule has 114 valence electrons. The van der Waals surface area contributed by atoms with Gasteiger partial charge in [-0.05, 0) is 34.1 Å². The first-order valence-corrected chi connectivity index (χ1v) is 7.44. The van der Waals surface area contributed by atoms with E-state index in [1.165, 1.54) is 0 Å². The Morgan fingerprint density at radius 2 is 1.80 bits per heavy atom. The smallest absolute Gasteiger partial charge is 0.410 e. The molecule has 0 bridgehead atoms. The number of nitrogens with zero attached hydrogens (tertiary/aromatic N) is 2. The first kappa shape index (κ1) is 15.3. The van der Waals surface area contributed by atoms with Crippen molar-refractivity contribution in [2.45, 2.75) is 58.1 Å². The molecule has 2 fully saturated rings. The highest BCUT2D eigenvalue weighted by Gasteiger charge is 2.42. The second-order valence-electron chi connectivity index (χ2n) is 7.17. The molecule has 1 unspecified atom stereocenters. The molecule has 2 aliphatic heterocycles. The topological polar surface area (TPSA) is 49.9 Å². The van der Waals surface area contributed by atoms with Crippen LogP contribution in [0.15, 0.2) is 0 Å². The molecule has 5 heteroatoms. The molecule has 2 saturated heterocycles. The van der Waals surface area contributed by atoms with Crippen LogP contribution < -0.4 is 0 Å². The van der Waals surface area contributed by atoms with E-state index in [0.29, 0.717) is 25.2 Å². The van der Waals surface area contributed by atoms with Gasteiger partial charge in [0.1, 0.15) is 11.4 Å². The van der Waals surface area contributed by atoms with E-state index in [1.54, 1.807) is 4.90 Å². The van der Waals surface area contributed by atoms with Crippen LogP contribution in [0.2, 0.25) is 0 Å². The fourth-order valence-corrected chi connectivity index (χ4v) is 2.98. The fraction of sp³-hybridized carbons (Fsp3) is 0.867. The molecule has 2 aliphatic rings. The third-order valence-corrected chi connectivity index (χ3v) is 4.19. The van der Waals surface area contributed by atoms with Gasteiger partial charge >= 0.3 is 6.09 Å². The minimum atomic E-state index is -0.451. The minimum Gasteiger partial charge on any atom is -0.444 e. The number of piperidine rings is 1. The molecule has 0 aromatic carbocycles. The first-order valence-electron chi connectivity index (χ1n) is 7.44. The maximum atomic E-state index is 12.1. The number of likely N-dealkylation sites (tertiary alicyclic amines) is 2. The molecule has 1 atom stereocenters. The van der Waals surface area contributed by atoms with Crippen molar-refractivity contribution in [3.63, 3.8) is 0 Å². The first-order chi connectivity index (χ1) is 9.20. The zero-order chi connectivity index (χ0) is 15.0. The zero-order valence-corrected chi connectivity index (χ0v) is 13.1. The summed E-state index contributed by atoms with van der Waals surface area (Å²) < 4.78 is 5.43. The molecule has 0 spiro atoms. The van der Waals surface area contributed by atoms with Gasteiger partial charge in [-0.3, -0.25) is 9.69 Å². The Morgan fingerprint density at radius 3 is 2.35 bits per heavy atom. The van der Waals surface area contributed by atoms with Gasteiger partial charge in [-0.1, -0.05) is 0 Å². The number of Topliss-reactive ketones (excluding diaryl/α,β-unsaturated/α-hetero) is 1. The van der Waals surface area contributed by atoms with E-state index in [-0.39, 0.29) is 11.6 Å². The van der Waals surface area contributed by atoms with Gasteiger partial charge in [0, 0.05) is 44.6 Å². The SMILES string of the molecule is CC(C)(C)OC(=O)N1CCC(C)(N2CCC(=O)CC2)C1. The summed E-state index contributed by atoms with van der Waals surface area (Å²) in [6.45, 7) is 10.9. The van der Waals surface area contributed by atoms with Crippen molar-refractivity contribution in [2.24, 2.45) is 0 Å². The average molecular weight is 282 g/mol. The Hall–Kier alpha value is -1.10. The summed E-state index contributed by atoms with van der Waals surface area (Å²) in [5.74, 6) is 0.354. The van der Waals surface area contributed by atoms with Crippen LogP contribution >= 0.6 is 0 Å². The van der Waals surface area contributed by atoms with Crippen LogP contribution in [0.1, 0.15) is 47.0 Å². The van der Waals surface area contributed by atoms with Crippen LogP contribution in [0.3, 0.4) is 0 Å². The molecule has 0 aliphatic carbocycles. The molecule has 2 rings (SSSR count). The third-order valence-electron chi connectivity index (χ3n) is 4.19. The van der Waals surface area contributed by atoms with E-state index in [1.807, 2.05) is 20.8 Å². The van der Waals surface area contributed by atoms with E-state index >= 15 is 0 Å². The standard InChI is InChI=1S/C15H26N2O3/c1-14(2,3)20-13(19)16-10-7-15(4,11-16)17-8-5-12(18)6-9-17/h5-11H2,1-4H3. The Morgan fingerprint density at radius 1 is 1.20 bits per heavy atom. The summed E-state index contributed by atoms with van der Waals surface area (Å²) in [6.07, 6.45) is 2.00. The van der Waals surface area contributed by atoms with E-state index in [4.69, 9.17) is 4.74 Å². The van der Waals surface area contributed by atoms with E-state index in [9.17, 15) is 9.59 Å². The lowest BCUT2D eigenvalue weighted by atomic mass is 9.95. The predicted octanol–water partition coefficient (Wildman–Crippen LogP) is 2.05. The highest BCUT2D eigenvalue weighted by molar-refractivity contribution is 5.79. The molecule has 1 amide bonds. The quantitative estimate of drug-likeness (QED) is 0.738. The van der Waals surface area contributed by atoms with Crippen LogP contribution in [0.25, 0.3) is 0 Å². The van der Waals surface area contributed by atoms with Gasteiger partial charge in [-0.2, -0.15) is 0 Å². The van der Waals surface area contributed by atoms with Crippen molar-refractivity contribution >= 4 is 11.9 Å². The number of ether oxygens (including phenoxy) is 1. The number of carbonyl (C=O) groups is 2. The van der Waals surface area contributed by atoms with Crippen molar-refractivity contribution in [1.29, 1.82) is 0 Å². The lowest BCUT2D eigenvalue weighted by molar-refractivity contribution is -0.122. The van der Waals surface area contributed by atoms with Gasteiger partial charge in [0.05, 0.1) is 0 Å². The maximum Gasteiger partial charge on any atom is 0.410 e. The third kappa shape index (κ3) is 3.51. The molecule has 5 nitrogen and oxygen atoms in total. The summed E-state index contributed by atoms with van der Waals surface area (Å²) >= 11 is 0. The van der Waals surface area contributed by atoms with Crippen LogP contribution in [-0.4, -0.2) is 59.0 Å². The summed E-state index contributed by atoms with van der Waals surface area (Å²) in [5.41, 5.74) is -0.467. The number of hydrogen-bond acceptors (Lipinski definition) is 4. The molecule has 2 heterocycles. The largest absolute Gasteiger partial charge is 0.444 e. The minimum absolute atomic E-state index is 0.0163. The summed E-state index contributed by atoms with van der Waals surface area (Å²) in [4.78, 5) is 27.6. The highest BCUT2D eigenvalue weighted by atomic mass is 16.6. The second-order valence-corrected chi connectivity index (χ2v) is 7.17. The molecular weight excluding hydrogens is 256 g/mol. The lowest BCUT2D eigenvalue weighted by Crippen LogP contribution is -2.52. The molecular formula is C15H26N2O3. The molecule has 0 aromatic heterocycles. The van der Waals surface area contributed by atoms with Crippen molar-refractivity contribution in [2.75, 3.05) is 26.2 Å². The highest BCUT2D eigenvalue weighted by Crippen LogP contribution is 2.30. The van der Waals surface area contributed by atoms with E-state index in [2.05, 4.69) is 11.8 Å². The van der Waals surface area contributed by atoms with E-state index in [0.717, 1.165) is 26.1 Å². The van der Waals surface area contributed by atoms with Gasteiger partial charge < -0.3 is 9.64 Å². The van der Waals surface area contributed by atoms with Crippen molar-refractivity contribution in [3.05, 3.63) is 0 Å². The molecule has 0 aromatic rings. The molecule has 0 N–H and O–H groups in total. The average Bonchev–Trinajstić information content (AvgIpc) is 2.72. The van der Waals surface area contributed by atoms with Crippen molar-refractivity contribution in [3.8, 4) is 0 Å². The van der Waals surface area contributed by atoms with Gasteiger partial charge in [-0.15, -0.1) is 0 Å². The number of rotatable bonds is 1. The maximum absolute atomic E-state index is 12.1. The molecule has 0 radical (unpaired) electrons. The number of hydrogen-bond donors (Lipinski definition) is 0. The second kappa shape index (κ2) is 5.35. The Bertz CT molecular complexity index is 392. The summed E-state index contributed by atoms with van der Waals surface area (Å²) in [5, 5.41) is 0. The lowest BCUT2D eigenvalue weighted by Gasteiger charge is -2.40. The predicted molar refractivity (Wildman–Crippen MR) is 76.6 cm³/mol. The summed E-state index contributed by atoms with van der Waals surface area (Å²) in [7, 11) is 0. The Balaban J connectivity index is 1.93. The normalized spacial score (nSPS) is 28.8. The number of carbonyl (C=O) groups excluding carboxylic acids is 2. The Kier molecular flexibility index (Phi) is 4.09. The Labute approximate surface area is 121 Å². The van der Waals surface area contributed by atoms with Crippen LogP contribution in [0.4, 0.5) is 4.79 Å². The van der Waals surface area contributed by atoms with E-state index < -0.39 is 5.60 Å². The zero-order valence-electron chi connectivity index (χ0n) is 13.1. The van der Waals surface area contributed by atoms with Crippen LogP contribution in [-0.2, 0) is 9.53 Å². The molecule has 20 heavy (non-hydrogen) atoms.